The quantitative estimate of drug-likeness (QED) is 0.689. The van der Waals surface area contributed by atoms with Gasteiger partial charge in [0.25, 0.3) is 0 Å². The lowest BCUT2D eigenvalue weighted by Gasteiger charge is -2.14. The molecule has 3 aromatic rings. The largest absolute Gasteiger partial charge is 0.442 e. The summed E-state index contributed by atoms with van der Waals surface area (Å²) in [6, 6.07) is 8.37. The molecular weight excluding hydrogens is 399 g/mol. The highest BCUT2D eigenvalue weighted by molar-refractivity contribution is 5.90. The molecule has 3 heterocycles. The van der Waals surface area contributed by atoms with E-state index in [2.05, 4.69) is 31.1 Å². The van der Waals surface area contributed by atoms with Crippen LogP contribution in [0.2, 0.25) is 0 Å². The molecule has 1 atom stereocenters. The van der Waals surface area contributed by atoms with Gasteiger partial charge >= 0.3 is 6.09 Å². The number of carbonyl (C=O) groups is 2. The Labute approximate surface area is 179 Å². The SMILES string of the molecule is CC(=O)NC[C@H]1CN(c2ccc(-c3ccc4nc(C(C)(C)C)cn4c3)c(F)c2)C(=O)O1. The fraction of sp³-hybridized carbons (Fsp3) is 0.348. The van der Waals surface area contributed by atoms with Crippen molar-refractivity contribution < 1.29 is 18.7 Å². The van der Waals surface area contributed by atoms with Crippen molar-refractivity contribution in [1.82, 2.24) is 14.7 Å². The van der Waals surface area contributed by atoms with Crippen LogP contribution in [0.3, 0.4) is 0 Å². The molecule has 1 aliphatic heterocycles. The Kier molecular flexibility index (Phi) is 5.16. The van der Waals surface area contributed by atoms with Crippen LogP contribution >= 0.6 is 0 Å². The molecule has 0 unspecified atom stereocenters. The number of carbonyl (C=O) groups excluding carboxylic acids is 2. The van der Waals surface area contributed by atoms with Gasteiger partial charge in [-0.25, -0.2) is 14.2 Å². The monoisotopic (exact) mass is 424 g/mol. The second kappa shape index (κ2) is 7.68. The first-order chi connectivity index (χ1) is 14.6. The molecule has 0 aliphatic carbocycles. The predicted molar refractivity (Wildman–Crippen MR) is 116 cm³/mol. The fourth-order valence-electron chi connectivity index (χ4n) is 3.51. The minimum absolute atomic E-state index is 0.0821. The zero-order valence-electron chi connectivity index (χ0n) is 18.0. The lowest BCUT2D eigenvalue weighted by atomic mass is 9.93. The average Bonchev–Trinajstić information content (AvgIpc) is 3.29. The van der Waals surface area contributed by atoms with Gasteiger partial charge in [0.05, 0.1) is 24.5 Å². The smallest absolute Gasteiger partial charge is 0.414 e. The normalized spacial score (nSPS) is 16.6. The number of benzene rings is 1. The third-order valence-corrected chi connectivity index (χ3v) is 5.25. The summed E-state index contributed by atoms with van der Waals surface area (Å²) >= 11 is 0. The molecule has 0 saturated carbocycles. The fourth-order valence-corrected chi connectivity index (χ4v) is 3.51. The molecule has 1 fully saturated rings. The maximum Gasteiger partial charge on any atom is 0.414 e. The van der Waals surface area contributed by atoms with Crippen LogP contribution in [0.25, 0.3) is 16.8 Å². The summed E-state index contributed by atoms with van der Waals surface area (Å²) in [7, 11) is 0. The highest BCUT2D eigenvalue weighted by Crippen LogP contribution is 2.30. The van der Waals surface area contributed by atoms with Crippen LogP contribution in [0.15, 0.2) is 42.7 Å². The van der Waals surface area contributed by atoms with Gasteiger partial charge in [-0.05, 0) is 30.3 Å². The topological polar surface area (TPSA) is 75.9 Å². The first-order valence-corrected chi connectivity index (χ1v) is 10.1. The lowest BCUT2D eigenvalue weighted by Crippen LogP contribution is -2.33. The Morgan fingerprint density at radius 3 is 2.71 bits per heavy atom. The third-order valence-electron chi connectivity index (χ3n) is 5.25. The number of nitrogens with one attached hydrogen (secondary N) is 1. The number of imidazole rings is 1. The van der Waals surface area contributed by atoms with E-state index in [-0.39, 0.29) is 24.4 Å². The summed E-state index contributed by atoms with van der Waals surface area (Å²) in [6.45, 7) is 8.15. The van der Waals surface area contributed by atoms with Crippen LogP contribution in [-0.4, -0.2) is 40.6 Å². The summed E-state index contributed by atoms with van der Waals surface area (Å²) in [5, 5.41) is 2.62. The lowest BCUT2D eigenvalue weighted by molar-refractivity contribution is -0.119. The van der Waals surface area contributed by atoms with Crippen molar-refractivity contribution in [2.75, 3.05) is 18.0 Å². The van der Waals surface area contributed by atoms with Crippen LogP contribution in [0.4, 0.5) is 14.9 Å². The highest BCUT2D eigenvalue weighted by atomic mass is 19.1. The van der Waals surface area contributed by atoms with E-state index in [0.717, 1.165) is 11.3 Å². The van der Waals surface area contributed by atoms with Gasteiger partial charge in [0.15, 0.2) is 0 Å². The molecule has 162 valence electrons. The van der Waals surface area contributed by atoms with Gasteiger partial charge in [0.1, 0.15) is 17.6 Å². The number of nitrogens with zero attached hydrogens (tertiary/aromatic N) is 3. The summed E-state index contributed by atoms with van der Waals surface area (Å²) < 4.78 is 22.1. The van der Waals surface area contributed by atoms with Gasteiger partial charge in [-0.3, -0.25) is 9.69 Å². The Morgan fingerprint density at radius 1 is 1.26 bits per heavy atom. The number of aromatic nitrogens is 2. The Balaban J connectivity index is 1.58. The van der Waals surface area contributed by atoms with E-state index in [9.17, 15) is 9.59 Å². The van der Waals surface area contributed by atoms with Gasteiger partial charge in [-0.2, -0.15) is 0 Å². The van der Waals surface area contributed by atoms with Crippen LogP contribution in [0, 0.1) is 5.82 Å². The molecule has 8 heteroatoms. The Hall–Kier alpha value is -3.42. The van der Waals surface area contributed by atoms with Crippen LogP contribution in [0.1, 0.15) is 33.4 Å². The molecule has 0 radical (unpaired) electrons. The van der Waals surface area contributed by atoms with Crippen molar-refractivity contribution in [3.8, 4) is 11.1 Å². The van der Waals surface area contributed by atoms with Crippen molar-refractivity contribution in [1.29, 1.82) is 0 Å². The van der Waals surface area contributed by atoms with Crippen LogP contribution in [0.5, 0.6) is 0 Å². The second-order valence-corrected chi connectivity index (χ2v) is 8.78. The minimum Gasteiger partial charge on any atom is -0.442 e. The first-order valence-electron chi connectivity index (χ1n) is 10.1. The summed E-state index contributed by atoms with van der Waals surface area (Å²) in [5.41, 5.74) is 3.23. The van der Waals surface area contributed by atoms with Gasteiger partial charge in [0, 0.05) is 35.9 Å². The zero-order chi connectivity index (χ0) is 22.3. The maximum atomic E-state index is 15.0. The molecule has 2 amide bonds. The van der Waals surface area contributed by atoms with Gasteiger partial charge in [-0.15, -0.1) is 0 Å². The predicted octanol–water partition coefficient (Wildman–Crippen LogP) is 3.90. The van der Waals surface area contributed by atoms with Crippen molar-refractivity contribution in [3.05, 3.63) is 54.2 Å². The molecule has 1 aliphatic rings. The molecule has 31 heavy (non-hydrogen) atoms. The number of hydrogen-bond donors (Lipinski definition) is 1. The van der Waals surface area contributed by atoms with Crippen molar-refractivity contribution in [3.63, 3.8) is 0 Å². The molecule has 1 saturated heterocycles. The number of ether oxygens (including phenoxy) is 1. The highest BCUT2D eigenvalue weighted by Gasteiger charge is 2.32. The number of anilines is 1. The molecule has 0 bridgehead atoms. The van der Waals surface area contributed by atoms with Gasteiger partial charge < -0.3 is 14.5 Å². The van der Waals surface area contributed by atoms with Crippen molar-refractivity contribution in [2.24, 2.45) is 0 Å². The van der Waals surface area contributed by atoms with Crippen molar-refractivity contribution in [2.45, 2.75) is 39.2 Å². The molecule has 4 rings (SSSR count). The van der Waals surface area contributed by atoms with E-state index >= 15 is 4.39 Å². The van der Waals surface area contributed by atoms with E-state index in [1.54, 1.807) is 12.1 Å². The van der Waals surface area contributed by atoms with E-state index in [0.29, 0.717) is 16.8 Å². The summed E-state index contributed by atoms with van der Waals surface area (Å²) in [6.07, 6.45) is 2.78. The second-order valence-electron chi connectivity index (χ2n) is 8.78. The van der Waals surface area contributed by atoms with E-state index in [4.69, 9.17) is 4.74 Å². The van der Waals surface area contributed by atoms with Crippen LogP contribution in [-0.2, 0) is 14.9 Å². The number of hydrogen-bond acceptors (Lipinski definition) is 4. The number of pyridine rings is 1. The molecule has 2 aromatic heterocycles. The van der Waals surface area contributed by atoms with Crippen molar-refractivity contribution >= 4 is 23.3 Å². The Morgan fingerprint density at radius 2 is 2.03 bits per heavy atom. The number of cyclic esters (lactones) is 1. The van der Waals surface area contributed by atoms with Crippen LogP contribution < -0.4 is 10.2 Å². The molecule has 1 aromatic carbocycles. The standard InChI is InChI=1S/C23H25FN4O3/c1-14(29)25-10-17-12-28(22(30)31-17)16-6-7-18(19(24)9-16)15-5-8-21-26-20(23(2,3)4)13-27(21)11-15/h5-9,11,13,17H,10,12H2,1-4H3,(H,25,29)/t17-/m0/s1. The summed E-state index contributed by atoms with van der Waals surface area (Å²) in [4.78, 5) is 29.2. The zero-order valence-corrected chi connectivity index (χ0v) is 18.0. The molecule has 0 spiro atoms. The van der Waals surface area contributed by atoms with E-state index < -0.39 is 18.0 Å². The minimum atomic E-state index is -0.558. The third kappa shape index (κ3) is 4.23. The molecule has 1 N–H and O–H groups in total. The van der Waals surface area contributed by atoms with Gasteiger partial charge in [-0.1, -0.05) is 20.8 Å². The molecular formula is C23H25FN4O3. The number of fused-ring (bicyclic) bond motifs is 1. The summed E-state index contributed by atoms with van der Waals surface area (Å²) in [5.74, 6) is -0.638. The Bertz CT molecular complexity index is 1170. The molecule has 7 nitrogen and oxygen atoms in total. The van der Waals surface area contributed by atoms with Gasteiger partial charge in [0.2, 0.25) is 5.91 Å². The van der Waals surface area contributed by atoms with E-state index in [1.165, 1.54) is 17.9 Å². The number of rotatable bonds is 4. The first kappa shape index (κ1) is 20.8. The van der Waals surface area contributed by atoms with E-state index in [1.807, 2.05) is 28.9 Å². The maximum absolute atomic E-state index is 15.0. The number of halogens is 1. The average molecular weight is 424 g/mol. The number of amides is 2.